The van der Waals surface area contributed by atoms with E-state index >= 15 is 0 Å². The molecule has 36 heavy (non-hydrogen) atoms. The molecule has 7 nitrogen and oxygen atoms in total. The Morgan fingerprint density at radius 1 is 1.06 bits per heavy atom. The number of rotatable bonds is 10. The summed E-state index contributed by atoms with van der Waals surface area (Å²) in [5, 5.41) is 3.79. The lowest BCUT2D eigenvalue weighted by atomic mass is 10.1. The molecule has 10 heteroatoms. The Morgan fingerprint density at radius 3 is 2.28 bits per heavy atom. The molecule has 2 amide bonds. The van der Waals surface area contributed by atoms with Gasteiger partial charge in [-0.1, -0.05) is 66.7 Å². The van der Waals surface area contributed by atoms with Crippen molar-refractivity contribution >= 4 is 45.0 Å². The van der Waals surface area contributed by atoms with Gasteiger partial charge in [-0.2, -0.15) is 4.31 Å². The van der Waals surface area contributed by atoms with Gasteiger partial charge in [0, 0.05) is 19.6 Å². The summed E-state index contributed by atoms with van der Waals surface area (Å²) >= 11 is 12.2. The summed E-state index contributed by atoms with van der Waals surface area (Å²) in [4.78, 5) is 28.3. The first-order chi connectivity index (χ1) is 17.0. The molecule has 196 valence electrons. The van der Waals surface area contributed by atoms with Gasteiger partial charge in [-0.25, -0.2) is 8.42 Å². The predicted octanol–water partition coefficient (Wildman–Crippen LogP) is 4.79. The number of nitrogens with one attached hydrogen (secondary N) is 1. The lowest BCUT2D eigenvalue weighted by Crippen LogP contribution is -2.53. The smallest absolute Gasteiger partial charge is 0.243 e. The van der Waals surface area contributed by atoms with Crippen molar-refractivity contribution in [1.29, 1.82) is 0 Å². The molecular formula is C26H33Cl2N3O4S. The predicted molar refractivity (Wildman–Crippen MR) is 142 cm³/mol. The fourth-order valence-electron chi connectivity index (χ4n) is 4.38. The SMILES string of the molecule is CC[C@@H](C(=O)NC1CCCC1)N(Cc1ccc(Cl)c(Cl)c1)C(=O)CN(C)S(=O)(=O)c1ccc(C)cc1. The zero-order chi connectivity index (χ0) is 26.5. The quantitative estimate of drug-likeness (QED) is 0.458. The zero-order valence-electron chi connectivity index (χ0n) is 20.8. The van der Waals surface area contributed by atoms with Gasteiger partial charge in [-0.3, -0.25) is 9.59 Å². The van der Waals surface area contributed by atoms with Crippen molar-refractivity contribution < 1.29 is 18.0 Å². The minimum absolute atomic E-state index is 0.0880. The average molecular weight is 555 g/mol. The summed E-state index contributed by atoms with van der Waals surface area (Å²) < 4.78 is 27.2. The Morgan fingerprint density at radius 2 is 1.69 bits per heavy atom. The second kappa shape index (κ2) is 12.4. The van der Waals surface area contributed by atoms with Crippen LogP contribution < -0.4 is 5.32 Å². The molecule has 3 rings (SSSR count). The molecule has 0 unspecified atom stereocenters. The van der Waals surface area contributed by atoms with Crippen LogP contribution in [0.2, 0.25) is 10.0 Å². The van der Waals surface area contributed by atoms with Gasteiger partial charge in [0.05, 0.1) is 21.5 Å². The van der Waals surface area contributed by atoms with E-state index in [2.05, 4.69) is 5.32 Å². The Bertz CT molecular complexity index is 1180. The van der Waals surface area contributed by atoms with Gasteiger partial charge < -0.3 is 10.2 Å². The number of amides is 2. The highest BCUT2D eigenvalue weighted by molar-refractivity contribution is 7.89. The molecule has 0 saturated heterocycles. The van der Waals surface area contributed by atoms with E-state index in [1.165, 1.54) is 24.1 Å². The van der Waals surface area contributed by atoms with E-state index in [0.29, 0.717) is 22.0 Å². The summed E-state index contributed by atoms with van der Waals surface area (Å²) in [6.45, 7) is 3.38. The maximum atomic E-state index is 13.6. The van der Waals surface area contributed by atoms with Crippen molar-refractivity contribution in [2.45, 2.75) is 69.5 Å². The molecule has 0 aliphatic heterocycles. The molecule has 1 N–H and O–H groups in total. The van der Waals surface area contributed by atoms with E-state index in [4.69, 9.17) is 23.2 Å². The molecule has 1 aliphatic rings. The molecule has 0 spiro atoms. The number of hydrogen-bond acceptors (Lipinski definition) is 4. The van der Waals surface area contributed by atoms with Crippen LogP contribution in [0.25, 0.3) is 0 Å². The first kappa shape index (κ1) is 28.4. The van der Waals surface area contributed by atoms with Crippen LogP contribution in [0.15, 0.2) is 47.4 Å². The van der Waals surface area contributed by atoms with E-state index in [9.17, 15) is 18.0 Å². The number of hydrogen-bond donors (Lipinski definition) is 1. The molecule has 1 atom stereocenters. The molecule has 1 saturated carbocycles. The fraction of sp³-hybridized carbons (Fsp3) is 0.462. The maximum Gasteiger partial charge on any atom is 0.243 e. The summed E-state index contributed by atoms with van der Waals surface area (Å²) in [5.41, 5.74) is 1.62. The van der Waals surface area contributed by atoms with E-state index in [1.807, 2.05) is 13.8 Å². The molecule has 2 aromatic carbocycles. The van der Waals surface area contributed by atoms with Crippen molar-refractivity contribution in [3.05, 3.63) is 63.6 Å². The average Bonchev–Trinajstić information content (AvgIpc) is 3.34. The third-order valence-corrected chi connectivity index (χ3v) is 9.07. The monoisotopic (exact) mass is 553 g/mol. The molecule has 0 bridgehead atoms. The van der Waals surface area contributed by atoms with Crippen molar-refractivity contribution in [3.8, 4) is 0 Å². The lowest BCUT2D eigenvalue weighted by Gasteiger charge is -2.32. The normalized spacial score (nSPS) is 15.2. The van der Waals surface area contributed by atoms with Crippen LogP contribution in [-0.2, 0) is 26.2 Å². The van der Waals surface area contributed by atoms with Crippen molar-refractivity contribution in [3.63, 3.8) is 0 Å². The third-order valence-electron chi connectivity index (χ3n) is 6.51. The summed E-state index contributed by atoms with van der Waals surface area (Å²) in [7, 11) is -2.53. The largest absolute Gasteiger partial charge is 0.352 e. The van der Waals surface area contributed by atoms with E-state index in [0.717, 1.165) is 35.6 Å². The molecule has 0 radical (unpaired) electrons. The molecule has 0 aromatic heterocycles. The Balaban J connectivity index is 1.86. The zero-order valence-corrected chi connectivity index (χ0v) is 23.2. The van der Waals surface area contributed by atoms with Crippen LogP contribution in [0.5, 0.6) is 0 Å². The first-order valence-electron chi connectivity index (χ1n) is 12.1. The summed E-state index contributed by atoms with van der Waals surface area (Å²) in [6, 6.07) is 10.8. The van der Waals surface area contributed by atoms with Gasteiger partial charge in [0.25, 0.3) is 0 Å². The number of nitrogens with zero attached hydrogens (tertiary/aromatic N) is 2. The summed E-state index contributed by atoms with van der Waals surface area (Å²) in [5.74, 6) is -0.713. The second-order valence-corrected chi connectivity index (χ2v) is 12.1. The van der Waals surface area contributed by atoms with Gasteiger partial charge in [-0.15, -0.1) is 0 Å². The molecule has 0 heterocycles. The number of aryl methyl sites for hydroxylation is 1. The van der Waals surface area contributed by atoms with Gasteiger partial charge >= 0.3 is 0 Å². The van der Waals surface area contributed by atoms with Gasteiger partial charge in [-0.05, 0) is 56.0 Å². The number of benzene rings is 2. The maximum absolute atomic E-state index is 13.6. The van der Waals surface area contributed by atoms with Crippen molar-refractivity contribution in [2.24, 2.45) is 0 Å². The number of halogens is 2. The van der Waals surface area contributed by atoms with Crippen LogP contribution in [0.1, 0.15) is 50.2 Å². The standard InChI is InChI=1S/C26H33Cl2N3O4S/c1-4-24(26(33)29-20-7-5-6-8-20)31(16-19-11-14-22(27)23(28)15-19)25(32)17-30(3)36(34,35)21-12-9-18(2)10-13-21/h9-15,20,24H,4-8,16-17H2,1-3H3,(H,29,33)/t24-/m0/s1. The first-order valence-corrected chi connectivity index (χ1v) is 14.3. The minimum atomic E-state index is -3.89. The summed E-state index contributed by atoms with van der Waals surface area (Å²) in [6.07, 6.45) is 4.34. The number of sulfonamides is 1. The fourth-order valence-corrected chi connectivity index (χ4v) is 5.82. The van der Waals surface area contributed by atoms with Crippen LogP contribution in [0, 0.1) is 6.92 Å². The molecule has 1 fully saturated rings. The van der Waals surface area contributed by atoms with Gasteiger partial charge in [0.2, 0.25) is 21.8 Å². The number of carbonyl (C=O) groups excluding carboxylic acids is 2. The van der Waals surface area contributed by atoms with E-state index in [1.54, 1.807) is 30.3 Å². The molecule has 1 aliphatic carbocycles. The van der Waals surface area contributed by atoms with Crippen molar-refractivity contribution in [2.75, 3.05) is 13.6 Å². The van der Waals surface area contributed by atoms with Gasteiger partial charge in [0.15, 0.2) is 0 Å². The number of carbonyl (C=O) groups is 2. The minimum Gasteiger partial charge on any atom is -0.352 e. The Labute approximate surface area is 223 Å². The number of likely N-dealkylation sites (N-methyl/N-ethyl adjacent to an activating group) is 1. The van der Waals surface area contributed by atoms with Crippen molar-refractivity contribution in [1.82, 2.24) is 14.5 Å². The molecular weight excluding hydrogens is 521 g/mol. The Hall–Kier alpha value is -2.13. The van der Waals surface area contributed by atoms with E-state index in [-0.39, 0.29) is 23.4 Å². The second-order valence-electron chi connectivity index (χ2n) is 9.26. The topological polar surface area (TPSA) is 86.8 Å². The molecule has 2 aromatic rings. The van der Waals surface area contributed by atoms with Gasteiger partial charge in [0.1, 0.15) is 6.04 Å². The highest BCUT2D eigenvalue weighted by Crippen LogP contribution is 2.25. The van der Waals surface area contributed by atoms with Crippen LogP contribution in [0.4, 0.5) is 0 Å². The third kappa shape index (κ3) is 7.00. The van der Waals surface area contributed by atoms with Crippen LogP contribution in [0.3, 0.4) is 0 Å². The highest BCUT2D eigenvalue weighted by atomic mass is 35.5. The highest BCUT2D eigenvalue weighted by Gasteiger charge is 2.33. The Kier molecular flexibility index (Phi) is 9.80. The van der Waals surface area contributed by atoms with Crippen LogP contribution in [-0.4, -0.2) is 55.1 Å². The van der Waals surface area contributed by atoms with E-state index < -0.39 is 28.5 Å². The van der Waals surface area contributed by atoms with Crippen LogP contribution >= 0.6 is 23.2 Å². The lowest BCUT2D eigenvalue weighted by molar-refractivity contribution is -0.141.